The maximum atomic E-state index is 11.6. The summed E-state index contributed by atoms with van der Waals surface area (Å²) in [5.74, 6) is -0.360. The van der Waals surface area contributed by atoms with Crippen molar-refractivity contribution >= 4 is 22.4 Å². The van der Waals surface area contributed by atoms with Crippen LogP contribution in [0.15, 0.2) is 0 Å². The number of ether oxygens (including phenoxy) is 2. The second-order valence-electron chi connectivity index (χ2n) is 4.97. The van der Waals surface area contributed by atoms with Gasteiger partial charge in [0.25, 0.3) is 0 Å². The molecule has 0 saturated carbocycles. The minimum atomic E-state index is -0.360. The Bertz CT molecular complexity index is 461. The van der Waals surface area contributed by atoms with Gasteiger partial charge >= 0.3 is 5.97 Å². The first-order valence-electron chi connectivity index (χ1n) is 7.08. The lowest BCUT2D eigenvalue weighted by atomic mass is 10.1. The molecule has 6 heteroatoms. The summed E-state index contributed by atoms with van der Waals surface area (Å²) in [4.78, 5) is 19.2. The molecule has 0 bridgehead atoms. The first-order valence-corrected chi connectivity index (χ1v) is 7.89. The molecule has 1 aromatic rings. The van der Waals surface area contributed by atoms with Crippen LogP contribution in [0.2, 0.25) is 0 Å². The molecule has 112 valence electrons. The molecule has 20 heavy (non-hydrogen) atoms. The van der Waals surface area contributed by atoms with Gasteiger partial charge in [-0.25, -0.2) is 9.78 Å². The van der Waals surface area contributed by atoms with Crippen LogP contribution in [0.3, 0.4) is 0 Å². The van der Waals surface area contributed by atoms with Crippen LogP contribution in [-0.2, 0) is 9.47 Å². The molecule has 1 aliphatic rings. The lowest BCUT2D eigenvalue weighted by Gasteiger charge is -2.32. The number of aromatic nitrogens is 1. The SMILES string of the molecule is CCCOC1CCCN(c2nc(C(=O)OC)c(C)s2)C1. The number of rotatable bonds is 5. The molecule has 0 aromatic carbocycles. The Morgan fingerprint density at radius 1 is 1.55 bits per heavy atom. The summed E-state index contributed by atoms with van der Waals surface area (Å²) in [7, 11) is 1.39. The third-order valence-corrected chi connectivity index (χ3v) is 4.40. The standard InChI is InChI=1S/C14H22N2O3S/c1-4-8-19-11-6-5-7-16(9-11)14-15-12(10(2)20-14)13(17)18-3/h11H,4-9H2,1-3H3. The topological polar surface area (TPSA) is 51.7 Å². The molecule has 1 unspecified atom stereocenters. The monoisotopic (exact) mass is 298 g/mol. The third-order valence-electron chi connectivity index (χ3n) is 3.37. The lowest BCUT2D eigenvalue weighted by Crippen LogP contribution is -2.39. The summed E-state index contributed by atoms with van der Waals surface area (Å²) in [5.41, 5.74) is 0.434. The van der Waals surface area contributed by atoms with Crippen LogP contribution in [0, 0.1) is 6.92 Å². The van der Waals surface area contributed by atoms with E-state index < -0.39 is 0 Å². The summed E-state index contributed by atoms with van der Waals surface area (Å²) in [6, 6.07) is 0. The Balaban J connectivity index is 2.05. The fourth-order valence-electron chi connectivity index (χ4n) is 2.34. The van der Waals surface area contributed by atoms with Gasteiger partial charge in [0.05, 0.1) is 13.2 Å². The predicted molar refractivity (Wildman–Crippen MR) is 79.7 cm³/mol. The molecule has 0 spiro atoms. The van der Waals surface area contributed by atoms with Crippen LogP contribution in [0.1, 0.15) is 41.6 Å². The summed E-state index contributed by atoms with van der Waals surface area (Å²) < 4.78 is 10.6. The van der Waals surface area contributed by atoms with Crippen molar-refractivity contribution in [1.29, 1.82) is 0 Å². The molecule has 0 aliphatic carbocycles. The van der Waals surface area contributed by atoms with Crippen molar-refractivity contribution in [3.63, 3.8) is 0 Å². The molecule has 5 nitrogen and oxygen atoms in total. The number of nitrogens with zero attached hydrogens (tertiary/aromatic N) is 2. The number of anilines is 1. The van der Waals surface area contributed by atoms with Crippen LogP contribution in [0.5, 0.6) is 0 Å². The molecule has 1 atom stereocenters. The van der Waals surface area contributed by atoms with Gasteiger partial charge in [0.1, 0.15) is 0 Å². The van der Waals surface area contributed by atoms with Crippen molar-refractivity contribution in [3.05, 3.63) is 10.6 Å². The first-order chi connectivity index (χ1) is 9.65. The highest BCUT2D eigenvalue weighted by atomic mass is 32.1. The molecule has 1 fully saturated rings. The molecule has 1 aliphatic heterocycles. The van der Waals surface area contributed by atoms with Crippen LogP contribution in [-0.4, -0.2) is 43.9 Å². The van der Waals surface area contributed by atoms with Gasteiger partial charge in [-0.15, -0.1) is 11.3 Å². The average molecular weight is 298 g/mol. The zero-order valence-electron chi connectivity index (χ0n) is 12.3. The highest BCUT2D eigenvalue weighted by Gasteiger charge is 2.25. The zero-order valence-corrected chi connectivity index (χ0v) is 13.2. The molecule has 0 amide bonds. The van der Waals surface area contributed by atoms with Crippen LogP contribution >= 0.6 is 11.3 Å². The molecule has 2 heterocycles. The summed E-state index contributed by atoms with van der Waals surface area (Å²) in [6.45, 7) is 6.66. The van der Waals surface area contributed by atoms with Crippen molar-refractivity contribution in [3.8, 4) is 0 Å². The van der Waals surface area contributed by atoms with Gasteiger partial charge in [0.15, 0.2) is 10.8 Å². The van der Waals surface area contributed by atoms with E-state index in [4.69, 9.17) is 9.47 Å². The van der Waals surface area contributed by atoms with Crippen molar-refractivity contribution in [2.24, 2.45) is 0 Å². The van der Waals surface area contributed by atoms with Gasteiger partial charge in [0, 0.05) is 24.6 Å². The van der Waals surface area contributed by atoms with E-state index in [1.807, 2.05) is 6.92 Å². The van der Waals surface area contributed by atoms with Gasteiger partial charge in [-0.05, 0) is 26.2 Å². The van der Waals surface area contributed by atoms with E-state index in [1.54, 1.807) is 11.3 Å². The van der Waals surface area contributed by atoms with Gasteiger partial charge in [-0.3, -0.25) is 0 Å². The van der Waals surface area contributed by atoms with Crippen LogP contribution < -0.4 is 4.90 Å². The highest BCUT2D eigenvalue weighted by Crippen LogP contribution is 2.29. The minimum absolute atomic E-state index is 0.273. The number of aryl methyl sites for hydroxylation is 1. The van der Waals surface area contributed by atoms with E-state index in [9.17, 15) is 4.79 Å². The first kappa shape index (κ1) is 15.3. The molecular weight excluding hydrogens is 276 g/mol. The van der Waals surface area contributed by atoms with E-state index in [-0.39, 0.29) is 12.1 Å². The van der Waals surface area contributed by atoms with Crippen LogP contribution in [0.4, 0.5) is 5.13 Å². The summed E-state index contributed by atoms with van der Waals surface area (Å²) in [6.07, 6.45) is 3.51. The van der Waals surface area contributed by atoms with Crippen molar-refractivity contribution in [2.75, 3.05) is 31.7 Å². The van der Waals surface area contributed by atoms with Gasteiger partial charge in [0.2, 0.25) is 0 Å². The Hall–Kier alpha value is -1.14. The van der Waals surface area contributed by atoms with E-state index in [2.05, 4.69) is 16.8 Å². The second kappa shape index (κ2) is 7.04. The molecule has 0 radical (unpaired) electrons. The Labute approximate surface area is 123 Å². The quantitative estimate of drug-likeness (QED) is 0.782. The number of piperidine rings is 1. The van der Waals surface area contributed by atoms with E-state index in [1.165, 1.54) is 7.11 Å². The number of methoxy groups -OCH3 is 1. The normalized spacial score (nSPS) is 19.1. The van der Waals surface area contributed by atoms with Crippen LogP contribution in [0.25, 0.3) is 0 Å². The van der Waals surface area contributed by atoms with Gasteiger partial charge in [-0.1, -0.05) is 6.92 Å². The molecule has 0 N–H and O–H groups in total. The average Bonchev–Trinajstić information content (AvgIpc) is 2.86. The largest absolute Gasteiger partial charge is 0.464 e. The number of esters is 1. The van der Waals surface area contributed by atoms with E-state index in [0.717, 1.165) is 49.0 Å². The van der Waals surface area contributed by atoms with Gasteiger partial charge in [-0.2, -0.15) is 0 Å². The molecule has 1 aromatic heterocycles. The minimum Gasteiger partial charge on any atom is -0.464 e. The number of hydrogen-bond donors (Lipinski definition) is 0. The number of carbonyl (C=O) groups excluding carboxylic acids is 1. The highest BCUT2D eigenvalue weighted by molar-refractivity contribution is 7.15. The Morgan fingerprint density at radius 3 is 3.05 bits per heavy atom. The maximum absolute atomic E-state index is 11.6. The zero-order chi connectivity index (χ0) is 14.5. The molecular formula is C14H22N2O3S. The summed E-state index contributed by atoms with van der Waals surface area (Å²) in [5, 5.41) is 0.896. The van der Waals surface area contributed by atoms with Crippen molar-refractivity contribution in [2.45, 2.75) is 39.2 Å². The predicted octanol–water partition coefficient (Wildman–Crippen LogP) is 2.63. The number of hydrogen-bond acceptors (Lipinski definition) is 6. The fraction of sp³-hybridized carbons (Fsp3) is 0.714. The van der Waals surface area contributed by atoms with Crippen molar-refractivity contribution in [1.82, 2.24) is 4.98 Å². The Morgan fingerprint density at radius 2 is 2.35 bits per heavy atom. The second-order valence-corrected chi connectivity index (χ2v) is 6.16. The molecule has 1 saturated heterocycles. The Kier molecular flexibility index (Phi) is 5.37. The van der Waals surface area contributed by atoms with Crippen molar-refractivity contribution < 1.29 is 14.3 Å². The van der Waals surface area contributed by atoms with Gasteiger partial charge < -0.3 is 14.4 Å². The number of carbonyl (C=O) groups is 1. The smallest absolute Gasteiger partial charge is 0.357 e. The van der Waals surface area contributed by atoms with E-state index in [0.29, 0.717) is 5.69 Å². The maximum Gasteiger partial charge on any atom is 0.357 e. The fourth-order valence-corrected chi connectivity index (χ4v) is 3.27. The third kappa shape index (κ3) is 3.49. The van der Waals surface area contributed by atoms with E-state index >= 15 is 0 Å². The molecule has 2 rings (SSSR count). The lowest BCUT2D eigenvalue weighted by molar-refractivity contribution is 0.0440. The summed E-state index contributed by atoms with van der Waals surface area (Å²) >= 11 is 1.55. The number of thiazole rings is 1.